The molecule has 0 amide bonds. The number of hydrogen-bond donors (Lipinski definition) is 0. The zero-order valence-electron chi connectivity index (χ0n) is 9.51. The van der Waals surface area contributed by atoms with Gasteiger partial charge in [-0.1, -0.05) is 19.1 Å². The lowest BCUT2D eigenvalue weighted by molar-refractivity contribution is 0.875. The summed E-state index contributed by atoms with van der Waals surface area (Å²) < 4.78 is 0. The van der Waals surface area contributed by atoms with Gasteiger partial charge in [-0.2, -0.15) is 0 Å². The predicted octanol–water partition coefficient (Wildman–Crippen LogP) is 3.69. The molecule has 0 aliphatic heterocycles. The van der Waals surface area contributed by atoms with E-state index in [9.17, 15) is 0 Å². The van der Waals surface area contributed by atoms with Crippen molar-refractivity contribution in [2.45, 2.75) is 33.1 Å². The van der Waals surface area contributed by atoms with E-state index in [1.54, 1.807) is 0 Å². The number of rotatable bonds is 2. The van der Waals surface area contributed by atoms with Crippen molar-refractivity contribution < 1.29 is 0 Å². The SMILES string of the molecule is C=C(CC)C1=Cc2cc(C)cnc2CC1. The zero-order chi connectivity index (χ0) is 10.8. The monoisotopic (exact) mass is 199 g/mol. The van der Waals surface area contributed by atoms with Crippen LogP contribution in [0.3, 0.4) is 0 Å². The molecule has 1 aromatic heterocycles. The molecular weight excluding hydrogens is 182 g/mol. The van der Waals surface area contributed by atoms with Crippen LogP contribution in [-0.4, -0.2) is 4.98 Å². The third kappa shape index (κ3) is 2.01. The first-order chi connectivity index (χ1) is 7.20. The summed E-state index contributed by atoms with van der Waals surface area (Å²) in [7, 11) is 0. The molecule has 0 atom stereocenters. The fourth-order valence-electron chi connectivity index (χ4n) is 1.97. The molecule has 0 saturated carbocycles. The van der Waals surface area contributed by atoms with Gasteiger partial charge in [-0.3, -0.25) is 4.98 Å². The fourth-order valence-corrected chi connectivity index (χ4v) is 1.97. The van der Waals surface area contributed by atoms with Crippen LogP contribution in [0.15, 0.2) is 30.0 Å². The van der Waals surface area contributed by atoms with Gasteiger partial charge in [0.05, 0.1) is 0 Å². The highest BCUT2D eigenvalue weighted by Gasteiger charge is 2.12. The van der Waals surface area contributed by atoms with E-state index < -0.39 is 0 Å². The van der Waals surface area contributed by atoms with Gasteiger partial charge in [0, 0.05) is 11.9 Å². The lowest BCUT2D eigenvalue weighted by Gasteiger charge is -2.17. The third-order valence-corrected chi connectivity index (χ3v) is 2.98. The predicted molar refractivity (Wildman–Crippen MR) is 64.7 cm³/mol. The van der Waals surface area contributed by atoms with Crippen LogP contribution in [-0.2, 0) is 6.42 Å². The normalized spacial score (nSPS) is 14.4. The Morgan fingerprint density at radius 1 is 1.47 bits per heavy atom. The van der Waals surface area contributed by atoms with Crippen molar-refractivity contribution in [2.24, 2.45) is 0 Å². The molecular formula is C14H17N. The van der Waals surface area contributed by atoms with Gasteiger partial charge in [0.1, 0.15) is 0 Å². The Labute approximate surface area is 91.6 Å². The second kappa shape index (κ2) is 4.01. The molecule has 1 aromatic rings. The Bertz CT molecular complexity index is 427. The van der Waals surface area contributed by atoms with Crippen LogP contribution in [0.25, 0.3) is 6.08 Å². The highest BCUT2D eigenvalue weighted by Crippen LogP contribution is 2.27. The van der Waals surface area contributed by atoms with Crippen LogP contribution in [0.4, 0.5) is 0 Å². The maximum atomic E-state index is 4.46. The van der Waals surface area contributed by atoms with Crippen molar-refractivity contribution >= 4 is 6.08 Å². The van der Waals surface area contributed by atoms with E-state index in [0.717, 1.165) is 19.3 Å². The quantitative estimate of drug-likeness (QED) is 0.708. The minimum Gasteiger partial charge on any atom is -0.260 e. The first-order valence-corrected chi connectivity index (χ1v) is 5.55. The van der Waals surface area contributed by atoms with E-state index in [1.165, 1.54) is 28.0 Å². The summed E-state index contributed by atoms with van der Waals surface area (Å²) in [6.45, 7) is 8.35. The summed E-state index contributed by atoms with van der Waals surface area (Å²) in [5, 5.41) is 0. The van der Waals surface area contributed by atoms with Crippen LogP contribution in [0.1, 0.15) is 36.6 Å². The van der Waals surface area contributed by atoms with Crippen LogP contribution < -0.4 is 0 Å². The Balaban J connectivity index is 2.39. The second-order valence-electron chi connectivity index (χ2n) is 4.18. The van der Waals surface area contributed by atoms with Crippen molar-refractivity contribution in [1.29, 1.82) is 0 Å². The molecule has 1 heteroatoms. The standard InChI is InChI=1S/C14H17N/c1-4-11(3)12-5-6-14-13(8-12)7-10(2)9-15-14/h7-9H,3-6H2,1-2H3. The largest absolute Gasteiger partial charge is 0.260 e. The van der Waals surface area contributed by atoms with Gasteiger partial charge < -0.3 is 0 Å². The molecule has 0 unspecified atom stereocenters. The number of hydrogen-bond acceptors (Lipinski definition) is 1. The summed E-state index contributed by atoms with van der Waals surface area (Å²) in [6, 6.07) is 2.21. The molecule has 15 heavy (non-hydrogen) atoms. The van der Waals surface area contributed by atoms with Gasteiger partial charge in [0.15, 0.2) is 0 Å². The Kier molecular flexibility index (Phi) is 2.72. The molecule has 1 aliphatic rings. The number of aryl methyl sites for hydroxylation is 2. The summed E-state index contributed by atoms with van der Waals surface area (Å²) in [6.07, 6.45) is 7.40. The molecule has 2 rings (SSSR count). The van der Waals surface area contributed by atoms with Gasteiger partial charge in [-0.05, 0) is 55.0 Å². The summed E-state index contributed by atoms with van der Waals surface area (Å²) in [5.74, 6) is 0. The molecule has 1 aliphatic carbocycles. The molecule has 0 fully saturated rings. The maximum Gasteiger partial charge on any atom is 0.0479 e. The highest BCUT2D eigenvalue weighted by atomic mass is 14.7. The maximum absolute atomic E-state index is 4.46. The van der Waals surface area contributed by atoms with Gasteiger partial charge in [-0.25, -0.2) is 0 Å². The van der Waals surface area contributed by atoms with E-state index in [1.807, 2.05) is 6.20 Å². The number of fused-ring (bicyclic) bond motifs is 1. The minimum atomic E-state index is 1.04. The average molecular weight is 199 g/mol. The molecule has 0 radical (unpaired) electrons. The first-order valence-electron chi connectivity index (χ1n) is 5.55. The van der Waals surface area contributed by atoms with Gasteiger partial charge in [0.25, 0.3) is 0 Å². The molecule has 0 spiro atoms. The van der Waals surface area contributed by atoms with Crippen LogP contribution in [0.5, 0.6) is 0 Å². The second-order valence-corrected chi connectivity index (χ2v) is 4.18. The molecule has 1 nitrogen and oxygen atoms in total. The first kappa shape index (κ1) is 10.2. The number of nitrogens with zero attached hydrogens (tertiary/aromatic N) is 1. The van der Waals surface area contributed by atoms with E-state index in [4.69, 9.17) is 0 Å². The minimum absolute atomic E-state index is 1.04. The van der Waals surface area contributed by atoms with Crippen LogP contribution in [0.2, 0.25) is 0 Å². The third-order valence-electron chi connectivity index (χ3n) is 2.98. The van der Waals surface area contributed by atoms with Gasteiger partial charge in [-0.15, -0.1) is 0 Å². The summed E-state index contributed by atoms with van der Waals surface area (Å²) in [4.78, 5) is 4.46. The molecule has 0 N–H and O–H groups in total. The summed E-state index contributed by atoms with van der Waals surface area (Å²) in [5.41, 5.74) is 6.41. The van der Waals surface area contributed by atoms with Gasteiger partial charge in [0.2, 0.25) is 0 Å². The molecule has 0 saturated heterocycles. The molecule has 1 heterocycles. The Hall–Kier alpha value is -1.37. The number of aromatic nitrogens is 1. The van der Waals surface area contributed by atoms with Crippen molar-refractivity contribution in [3.05, 3.63) is 46.8 Å². The highest BCUT2D eigenvalue weighted by molar-refractivity contribution is 5.62. The van der Waals surface area contributed by atoms with E-state index in [0.29, 0.717) is 0 Å². The number of pyridine rings is 1. The Morgan fingerprint density at radius 2 is 2.27 bits per heavy atom. The molecule has 0 aromatic carbocycles. The summed E-state index contributed by atoms with van der Waals surface area (Å²) >= 11 is 0. The van der Waals surface area contributed by atoms with Crippen molar-refractivity contribution in [3.8, 4) is 0 Å². The van der Waals surface area contributed by atoms with E-state index >= 15 is 0 Å². The lowest BCUT2D eigenvalue weighted by atomic mass is 9.90. The zero-order valence-corrected chi connectivity index (χ0v) is 9.51. The molecule has 0 bridgehead atoms. The number of allylic oxidation sites excluding steroid dienone is 2. The van der Waals surface area contributed by atoms with Crippen molar-refractivity contribution in [1.82, 2.24) is 4.98 Å². The molecule has 78 valence electrons. The lowest BCUT2D eigenvalue weighted by Crippen LogP contribution is -2.03. The van der Waals surface area contributed by atoms with Crippen LogP contribution in [0, 0.1) is 6.92 Å². The van der Waals surface area contributed by atoms with E-state index in [-0.39, 0.29) is 0 Å². The fraction of sp³-hybridized carbons (Fsp3) is 0.357. The van der Waals surface area contributed by atoms with Gasteiger partial charge >= 0.3 is 0 Å². The van der Waals surface area contributed by atoms with E-state index in [2.05, 4.69) is 37.6 Å². The van der Waals surface area contributed by atoms with Crippen molar-refractivity contribution in [2.75, 3.05) is 0 Å². The van der Waals surface area contributed by atoms with Crippen LogP contribution >= 0.6 is 0 Å². The average Bonchev–Trinajstić information content (AvgIpc) is 2.27. The Morgan fingerprint density at radius 3 is 3.00 bits per heavy atom. The topological polar surface area (TPSA) is 12.9 Å². The van der Waals surface area contributed by atoms with Crippen molar-refractivity contribution in [3.63, 3.8) is 0 Å². The smallest absolute Gasteiger partial charge is 0.0479 e.